The van der Waals surface area contributed by atoms with Crippen LogP contribution in [0.5, 0.6) is 0 Å². The van der Waals surface area contributed by atoms with E-state index < -0.39 is 5.91 Å². The molecule has 2 heterocycles. The molecule has 1 aromatic rings. The van der Waals surface area contributed by atoms with E-state index in [9.17, 15) is 9.59 Å². The quantitative estimate of drug-likeness (QED) is 0.785. The van der Waals surface area contributed by atoms with E-state index in [-0.39, 0.29) is 18.5 Å². The SMILES string of the molecule is NC(=O)CN(C(=O)c1ccoc1)C1CCNCC1. The number of carbonyl (C=O) groups excluding carboxylic acids is 2. The summed E-state index contributed by atoms with van der Waals surface area (Å²) < 4.78 is 4.90. The Kier molecular flexibility index (Phi) is 3.99. The first-order valence-corrected chi connectivity index (χ1v) is 6.00. The second-order valence-corrected chi connectivity index (χ2v) is 4.39. The summed E-state index contributed by atoms with van der Waals surface area (Å²) in [5, 5.41) is 3.22. The molecule has 0 saturated carbocycles. The van der Waals surface area contributed by atoms with Gasteiger partial charge < -0.3 is 20.4 Å². The van der Waals surface area contributed by atoms with Gasteiger partial charge in [0.05, 0.1) is 18.4 Å². The number of nitrogens with zero attached hydrogens (tertiary/aromatic N) is 1. The molecule has 0 bridgehead atoms. The topological polar surface area (TPSA) is 88.6 Å². The summed E-state index contributed by atoms with van der Waals surface area (Å²) in [6, 6.07) is 1.65. The first-order valence-electron chi connectivity index (χ1n) is 6.00. The predicted octanol–water partition coefficient (Wildman–Crippen LogP) is -0.0409. The van der Waals surface area contributed by atoms with Crippen molar-refractivity contribution in [3.8, 4) is 0 Å². The summed E-state index contributed by atoms with van der Waals surface area (Å²) >= 11 is 0. The number of furan rings is 1. The van der Waals surface area contributed by atoms with Gasteiger partial charge in [-0.2, -0.15) is 0 Å². The normalized spacial score (nSPS) is 16.4. The smallest absolute Gasteiger partial charge is 0.257 e. The van der Waals surface area contributed by atoms with Crippen LogP contribution >= 0.6 is 0 Å². The molecule has 98 valence electrons. The summed E-state index contributed by atoms with van der Waals surface area (Å²) in [5.41, 5.74) is 5.67. The molecule has 0 unspecified atom stereocenters. The number of amides is 2. The second-order valence-electron chi connectivity index (χ2n) is 4.39. The lowest BCUT2D eigenvalue weighted by molar-refractivity contribution is -0.119. The van der Waals surface area contributed by atoms with Crippen molar-refractivity contribution in [3.63, 3.8) is 0 Å². The monoisotopic (exact) mass is 251 g/mol. The van der Waals surface area contributed by atoms with Gasteiger partial charge >= 0.3 is 0 Å². The predicted molar refractivity (Wildman–Crippen MR) is 64.8 cm³/mol. The number of piperidine rings is 1. The van der Waals surface area contributed by atoms with Crippen molar-refractivity contribution < 1.29 is 14.0 Å². The van der Waals surface area contributed by atoms with Crippen LogP contribution in [0.1, 0.15) is 23.2 Å². The van der Waals surface area contributed by atoms with Gasteiger partial charge in [0.1, 0.15) is 6.26 Å². The van der Waals surface area contributed by atoms with Crippen LogP contribution in [0.4, 0.5) is 0 Å². The molecule has 18 heavy (non-hydrogen) atoms. The third-order valence-corrected chi connectivity index (χ3v) is 3.10. The molecule has 1 aliphatic rings. The van der Waals surface area contributed by atoms with Gasteiger partial charge in [0, 0.05) is 6.04 Å². The van der Waals surface area contributed by atoms with Crippen LogP contribution in [0.3, 0.4) is 0 Å². The molecule has 2 rings (SSSR count). The lowest BCUT2D eigenvalue weighted by Gasteiger charge is -2.33. The molecule has 0 radical (unpaired) electrons. The van der Waals surface area contributed by atoms with Crippen LogP contribution < -0.4 is 11.1 Å². The summed E-state index contributed by atoms with van der Waals surface area (Å²) in [5.74, 6) is -0.695. The Bertz CT molecular complexity index is 410. The second kappa shape index (κ2) is 5.68. The van der Waals surface area contributed by atoms with Crippen molar-refractivity contribution >= 4 is 11.8 Å². The van der Waals surface area contributed by atoms with Gasteiger partial charge in [0.15, 0.2) is 0 Å². The van der Waals surface area contributed by atoms with Crippen molar-refractivity contribution in [2.45, 2.75) is 18.9 Å². The zero-order valence-corrected chi connectivity index (χ0v) is 10.1. The van der Waals surface area contributed by atoms with Crippen molar-refractivity contribution in [3.05, 3.63) is 24.2 Å². The third kappa shape index (κ3) is 2.89. The Morgan fingerprint density at radius 3 is 2.72 bits per heavy atom. The minimum atomic E-state index is -0.495. The number of hydrogen-bond donors (Lipinski definition) is 2. The zero-order chi connectivity index (χ0) is 13.0. The Hall–Kier alpha value is -1.82. The van der Waals surface area contributed by atoms with E-state index >= 15 is 0 Å². The highest BCUT2D eigenvalue weighted by Gasteiger charge is 2.27. The van der Waals surface area contributed by atoms with Crippen LogP contribution in [0.2, 0.25) is 0 Å². The summed E-state index contributed by atoms with van der Waals surface area (Å²) in [6.07, 6.45) is 4.49. The van der Waals surface area contributed by atoms with E-state index in [2.05, 4.69) is 5.32 Å². The van der Waals surface area contributed by atoms with Crippen molar-refractivity contribution in [2.75, 3.05) is 19.6 Å². The lowest BCUT2D eigenvalue weighted by atomic mass is 10.0. The molecule has 0 aliphatic carbocycles. The highest BCUT2D eigenvalue weighted by molar-refractivity contribution is 5.96. The standard InChI is InChI=1S/C12H17N3O3/c13-11(16)7-15(10-1-4-14-5-2-10)12(17)9-3-6-18-8-9/h3,6,8,10,14H,1-2,4-5,7H2,(H2,13,16). The molecule has 1 saturated heterocycles. The Balaban J connectivity index is 2.13. The number of nitrogens with one attached hydrogen (secondary N) is 1. The summed E-state index contributed by atoms with van der Waals surface area (Å²) in [4.78, 5) is 24.9. The van der Waals surface area contributed by atoms with Crippen LogP contribution in [0.15, 0.2) is 23.0 Å². The average molecular weight is 251 g/mol. The molecule has 2 amide bonds. The Morgan fingerprint density at radius 1 is 1.44 bits per heavy atom. The molecule has 0 spiro atoms. The minimum Gasteiger partial charge on any atom is -0.472 e. The summed E-state index contributed by atoms with van der Waals surface area (Å²) in [6.45, 7) is 1.64. The number of primary amides is 1. The third-order valence-electron chi connectivity index (χ3n) is 3.10. The van der Waals surface area contributed by atoms with Crippen molar-refractivity contribution in [2.24, 2.45) is 5.73 Å². The highest BCUT2D eigenvalue weighted by atomic mass is 16.3. The largest absolute Gasteiger partial charge is 0.472 e. The van der Waals surface area contributed by atoms with Gasteiger partial charge in [-0.3, -0.25) is 9.59 Å². The first kappa shape index (κ1) is 12.6. The fraction of sp³-hybridized carbons (Fsp3) is 0.500. The fourth-order valence-corrected chi connectivity index (χ4v) is 2.20. The van der Waals surface area contributed by atoms with E-state index in [1.165, 1.54) is 12.5 Å². The number of carbonyl (C=O) groups is 2. The van der Waals surface area contributed by atoms with Gasteiger partial charge in [0.2, 0.25) is 5.91 Å². The average Bonchev–Trinajstić information content (AvgIpc) is 2.90. The fourth-order valence-electron chi connectivity index (χ4n) is 2.20. The molecule has 1 aliphatic heterocycles. The molecular formula is C12H17N3O3. The maximum Gasteiger partial charge on any atom is 0.257 e. The van der Waals surface area contributed by atoms with E-state index in [1.807, 2.05) is 0 Å². The lowest BCUT2D eigenvalue weighted by Crippen LogP contribution is -2.49. The van der Waals surface area contributed by atoms with Gasteiger partial charge in [0.25, 0.3) is 5.91 Å². The van der Waals surface area contributed by atoms with Crippen molar-refractivity contribution in [1.29, 1.82) is 0 Å². The van der Waals surface area contributed by atoms with Crippen LogP contribution in [-0.2, 0) is 4.79 Å². The first-order chi connectivity index (χ1) is 8.68. The highest BCUT2D eigenvalue weighted by Crippen LogP contribution is 2.15. The molecular weight excluding hydrogens is 234 g/mol. The van der Waals surface area contributed by atoms with E-state index in [1.54, 1.807) is 11.0 Å². The van der Waals surface area contributed by atoms with Crippen LogP contribution in [0.25, 0.3) is 0 Å². The Morgan fingerprint density at radius 2 is 2.17 bits per heavy atom. The summed E-state index contributed by atoms with van der Waals surface area (Å²) in [7, 11) is 0. The number of hydrogen-bond acceptors (Lipinski definition) is 4. The number of rotatable bonds is 4. The molecule has 1 fully saturated rings. The molecule has 0 atom stereocenters. The number of nitrogens with two attached hydrogens (primary N) is 1. The molecule has 0 aromatic carbocycles. The molecule has 3 N–H and O–H groups in total. The molecule has 1 aromatic heterocycles. The van der Waals surface area contributed by atoms with E-state index in [0.717, 1.165) is 25.9 Å². The maximum absolute atomic E-state index is 12.3. The van der Waals surface area contributed by atoms with E-state index in [4.69, 9.17) is 10.2 Å². The van der Waals surface area contributed by atoms with Gasteiger partial charge in [-0.25, -0.2) is 0 Å². The van der Waals surface area contributed by atoms with Gasteiger partial charge in [-0.15, -0.1) is 0 Å². The zero-order valence-electron chi connectivity index (χ0n) is 10.1. The maximum atomic E-state index is 12.3. The molecule has 6 nitrogen and oxygen atoms in total. The van der Waals surface area contributed by atoms with Crippen molar-refractivity contribution in [1.82, 2.24) is 10.2 Å². The van der Waals surface area contributed by atoms with Gasteiger partial charge in [-0.05, 0) is 32.0 Å². The Labute approximate surface area is 105 Å². The van der Waals surface area contributed by atoms with E-state index in [0.29, 0.717) is 5.56 Å². The van der Waals surface area contributed by atoms with Crippen LogP contribution in [0, 0.1) is 0 Å². The minimum absolute atomic E-state index is 0.0469. The van der Waals surface area contributed by atoms with Crippen LogP contribution in [-0.4, -0.2) is 42.4 Å². The van der Waals surface area contributed by atoms with Gasteiger partial charge in [-0.1, -0.05) is 0 Å². The molecule has 6 heteroatoms.